The van der Waals surface area contributed by atoms with E-state index in [1.807, 2.05) is 0 Å². The summed E-state index contributed by atoms with van der Waals surface area (Å²) in [6.07, 6.45) is 1.57. The number of aromatic hydroxyl groups is 1. The summed E-state index contributed by atoms with van der Waals surface area (Å²) in [4.78, 5) is 39.6. The highest BCUT2D eigenvalue weighted by Crippen LogP contribution is 2.49. The van der Waals surface area contributed by atoms with Crippen molar-refractivity contribution in [3.8, 4) is 22.3 Å². The van der Waals surface area contributed by atoms with Crippen LogP contribution < -0.4 is 9.64 Å². The third-order valence-electron chi connectivity index (χ3n) is 2.95. The van der Waals surface area contributed by atoms with Crippen LogP contribution in [0.4, 0.5) is 5.88 Å². The first-order chi connectivity index (χ1) is 10.5. The average Bonchev–Trinajstić information content (AvgIpc) is 3.14. The predicted octanol–water partition coefficient (Wildman–Crippen LogP) is 1.69. The highest BCUT2D eigenvalue weighted by atomic mass is 32.1. The van der Waals surface area contributed by atoms with Crippen molar-refractivity contribution in [1.29, 1.82) is 0 Å². The molecule has 0 spiro atoms. The summed E-state index contributed by atoms with van der Waals surface area (Å²) in [5.41, 5.74) is 0. The second-order valence-electron chi connectivity index (χ2n) is 4.47. The van der Waals surface area contributed by atoms with E-state index in [-0.39, 0.29) is 30.2 Å². The Bertz CT molecular complexity index is 748. The second-order valence-corrected chi connectivity index (χ2v) is 5.36. The molecule has 0 atom stereocenters. The van der Waals surface area contributed by atoms with Gasteiger partial charge in [-0.1, -0.05) is 0 Å². The zero-order valence-corrected chi connectivity index (χ0v) is 12.2. The van der Waals surface area contributed by atoms with Gasteiger partial charge in [0.1, 0.15) is 0 Å². The number of ether oxygens (including phenoxy) is 1. The topological polar surface area (TPSA) is 110 Å². The number of anilines is 1. The monoisotopic (exact) mass is 322 g/mol. The molecule has 1 N–H and O–H groups in total. The first-order valence-electron chi connectivity index (χ1n) is 6.29. The molecule has 0 radical (unpaired) electrons. The molecule has 2 amide bonds. The van der Waals surface area contributed by atoms with Crippen LogP contribution in [0.3, 0.4) is 0 Å². The summed E-state index contributed by atoms with van der Waals surface area (Å²) in [6, 6.07) is 0. The highest BCUT2D eigenvalue weighted by molar-refractivity contribution is 7.13. The lowest BCUT2D eigenvalue weighted by Gasteiger charge is -2.11. The highest BCUT2D eigenvalue weighted by Gasteiger charge is 2.38. The molecule has 0 aliphatic carbocycles. The lowest BCUT2D eigenvalue weighted by molar-refractivity contribution is -0.132. The maximum atomic E-state index is 11.8. The van der Waals surface area contributed by atoms with E-state index < -0.39 is 23.5 Å². The summed E-state index contributed by atoms with van der Waals surface area (Å²) in [6.45, 7) is 1.13. The van der Waals surface area contributed by atoms with Crippen LogP contribution in [0.5, 0.6) is 11.5 Å². The lowest BCUT2D eigenvalue weighted by Crippen LogP contribution is -2.28. The standard InChI is InChI=1S/C13H10N2O6S/c1-6(16)20-11-9(19)10(12-14-4-5-22-12)21-13(11)15-7(17)2-3-8(15)18/h4-5,19H,2-3H2,1H3. The van der Waals surface area contributed by atoms with Gasteiger partial charge in [0.2, 0.25) is 29.1 Å². The lowest BCUT2D eigenvalue weighted by atomic mass is 10.4. The normalized spacial score (nSPS) is 14.7. The van der Waals surface area contributed by atoms with E-state index in [1.54, 1.807) is 5.38 Å². The predicted molar refractivity (Wildman–Crippen MR) is 74.5 cm³/mol. The maximum absolute atomic E-state index is 11.8. The molecule has 0 unspecified atom stereocenters. The van der Waals surface area contributed by atoms with Crippen LogP contribution in [-0.2, 0) is 14.4 Å². The minimum Gasteiger partial charge on any atom is -0.501 e. The molecule has 0 aromatic carbocycles. The van der Waals surface area contributed by atoms with Gasteiger partial charge in [-0.15, -0.1) is 11.3 Å². The molecule has 114 valence electrons. The Labute approximate surface area is 127 Å². The number of carbonyl (C=O) groups is 3. The summed E-state index contributed by atoms with van der Waals surface area (Å²) < 4.78 is 10.3. The zero-order chi connectivity index (χ0) is 15.9. The molecule has 3 rings (SSSR count). The Hall–Kier alpha value is -2.68. The molecule has 1 fully saturated rings. The number of aromatic nitrogens is 1. The van der Waals surface area contributed by atoms with Crippen molar-refractivity contribution in [2.45, 2.75) is 19.8 Å². The molecule has 1 saturated heterocycles. The summed E-state index contributed by atoms with van der Waals surface area (Å²) in [7, 11) is 0. The first-order valence-corrected chi connectivity index (χ1v) is 7.17. The van der Waals surface area contributed by atoms with Crippen molar-refractivity contribution in [3.63, 3.8) is 0 Å². The molecule has 22 heavy (non-hydrogen) atoms. The van der Waals surface area contributed by atoms with E-state index in [2.05, 4.69) is 4.98 Å². The van der Waals surface area contributed by atoms with Gasteiger partial charge in [0.25, 0.3) is 5.88 Å². The van der Waals surface area contributed by atoms with E-state index >= 15 is 0 Å². The molecule has 2 aromatic rings. The molecular formula is C13H10N2O6S. The Balaban J connectivity index is 2.15. The average molecular weight is 322 g/mol. The van der Waals surface area contributed by atoms with Crippen LogP contribution >= 0.6 is 11.3 Å². The molecule has 1 aliphatic heterocycles. The number of thiazole rings is 1. The van der Waals surface area contributed by atoms with Crippen LogP contribution in [0.2, 0.25) is 0 Å². The SMILES string of the molecule is CC(=O)Oc1c(N2C(=O)CCC2=O)oc(-c2nccs2)c1O. The van der Waals surface area contributed by atoms with E-state index in [0.717, 1.165) is 11.8 Å². The Morgan fingerprint density at radius 1 is 1.41 bits per heavy atom. The van der Waals surface area contributed by atoms with Gasteiger partial charge in [-0.25, -0.2) is 9.88 Å². The van der Waals surface area contributed by atoms with Gasteiger partial charge in [-0.05, 0) is 0 Å². The molecule has 0 saturated carbocycles. The van der Waals surface area contributed by atoms with Crippen molar-refractivity contribution in [2.24, 2.45) is 0 Å². The number of imide groups is 1. The fourth-order valence-electron chi connectivity index (χ4n) is 2.06. The smallest absolute Gasteiger partial charge is 0.308 e. The van der Waals surface area contributed by atoms with Gasteiger partial charge >= 0.3 is 5.97 Å². The quantitative estimate of drug-likeness (QED) is 0.676. The number of amides is 2. The molecule has 0 bridgehead atoms. The van der Waals surface area contributed by atoms with Crippen molar-refractivity contribution < 1.29 is 28.6 Å². The summed E-state index contributed by atoms with van der Waals surface area (Å²) in [5, 5.41) is 12.2. The molecule has 9 heteroatoms. The van der Waals surface area contributed by atoms with Gasteiger partial charge in [0.15, 0.2) is 5.01 Å². The minimum atomic E-state index is -0.720. The van der Waals surface area contributed by atoms with Crippen molar-refractivity contribution >= 4 is 35.0 Å². The molecule has 3 heterocycles. The second kappa shape index (κ2) is 5.26. The number of hydrogen-bond acceptors (Lipinski definition) is 8. The molecule has 8 nitrogen and oxygen atoms in total. The largest absolute Gasteiger partial charge is 0.501 e. The van der Waals surface area contributed by atoms with Gasteiger partial charge < -0.3 is 14.3 Å². The number of rotatable bonds is 3. The Morgan fingerprint density at radius 2 is 2.09 bits per heavy atom. The molecule has 2 aromatic heterocycles. The summed E-state index contributed by atoms with van der Waals surface area (Å²) in [5.74, 6) is -2.90. The number of esters is 1. The number of carbonyl (C=O) groups excluding carboxylic acids is 3. The molecular weight excluding hydrogens is 312 g/mol. The minimum absolute atomic E-state index is 0.0341. The fourth-order valence-corrected chi connectivity index (χ4v) is 2.68. The molecule has 1 aliphatic rings. The van der Waals surface area contributed by atoms with Gasteiger partial charge in [-0.2, -0.15) is 0 Å². The number of hydrogen-bond donors (Lipinski definition) is 1. The van der Waals surface area contributed by atoms with Crippen molar-refractivity contribution in [3.05, 3.63) is 11.6 Å². The zero-order valence-electron chi connectivity index (χ0n) is 11.4. The van der Waals surface area contributed by atoms with Gasteiger partial charge in [0.05, 0.1) is 0 Å². The van der Waals surface area contributed by atoms with E-state index in [9.17, 15) is 19.5 Å². The third kappa shape index (κ3) is 2.25. The third-order valence-corrected chi connectivity index (χ3v) is 3.72. The number of furan rings is 1. The number of nitrogens with zero attached hydrogens (tertiary/aromatic N) is 2. The van der Waals surface area contributed by atoms with Crippen LogP contribution in [0.1, 0.15) is 19.8 Å². The van der Waals surface area contributed by atoms with E-state index in [1.165, 1.54) is 17.5 Å². The maximum Gasteiger partial charge on any atom is 0.308 e. The first kappa shape index (κ1) is 14.3. The van der Waals surface area contributed by atoms with Crippen molar-refractivity contribution in [2.75, 3.05) is 4.90 Å². The van der Waals surface area contributed by atoms with E-state index in [0.29, 0.717) is 5.01 Å². The van der Waals surface area contributed by atoms with Crippen molar-refractivity contribution in [1.82, 2.24) is 4.98 Å². The van der Waals surface area contributed by atoms with Gasteiger partial charge in [-0.3, -0.25) is 14.4 Å². The Morgan fingerprint density at radius 3 is 2.64 bits per heavy atom. The van der Waals surface area contributed by atoms with Gasteiger partial charge in [0, 0.05) is 31.3 Å². The van der Waals surface area contributed by atoms with E-state index in [4.69, 9.17) is 9.15 Å². The van der Waals surface area contributed by atoms with Crippen LogP contribution in [0.25, 0.3) is 10.8 Å². The van der Waals surface area contributed by atoms with Crippen LogP contribution in [0.15, 0.2) is 16.0 Å². The van der Waals surface area contributed by atoms with Crippen LogP contribution in [0, 0.1) is 0 Å². The van der Waals surface area contributed by atoms with Crippen LogP contribution in [-0.4, -0.2) is 27.9 Å². The Kier molecular flexibility index (Phi) is 3.41. The fraction of sp³-hybridized carbons (Fsp3) is 0.231. The summed E-state index contributed by atoms with van der Waals surface area (Å²) >= 11 is 1.18.